The van der Waals surface area contributed by atoms with Crippen LogP contribution in [-0.4, -0.2) is 38.7 Å². The van der Waals surface area contributed by atoms with E-state index in [1.54, 1.807) is 16.8 Å². The second-order valence-electron chi connectivity index (χ2n) is 9.10. The van der Waals surface area contributed by atoms with Crippen molar-refractivity contribution in [3.05, 3.63) is 42.4 Å². The highest BCUT2D eigenvalue weighted by Crippen LogP contribution is 2.35. The van der Waals surface area contributed by atoms with Crippen molar-refractivity contribution in [1.82, 2.24) is 19.9 Å². The van der Waals surface area contributed by atoms with Gasteiger partial charge in [0.15, 0.2) is 5.82 Å². The first-order chi connectivity index (χ1) is 15.6. The maximum Gasteiger partial charge on any atom is 0.228 e. The molecule has 0 spiro atoms. The fraction of sp³-hybridized carbons (Fsp3) is 0.417. The van der Waals surface area contributed by atoms with Crippen LogP contribution in [0.4, 0.5) is 5.82 Å². The minimum atomic E-state index is 0.0352. The lowest BCUT2D eigenvalue weighted by molar-refractivity contribution is -0.117. The van der Waals surface area contributed by atoms with Gasteiger partial charge in [-0.1, -0.05) is 0 Å². The molecular weight excluding hydrogens is 404 g/mol. The summed E-state index contributed by atoms with van der Waals surface area (Å²) in [6.45, 7) is 0. The first-order valence-electron chi connectivity index (χ1n) is 11.3. The maximum absolute atomic E-state index is 12.1. The number of aromatic nitrogens is 3. The van der Waals surface area contributed by atoms with Gasteiger partial charge in [-0.25, -0.2) is 9.50 Å². The molecule has 2 saturated heterocycles. The third-order valence-electron chi connectivity index (χ3n) is 6.68. The lowest BCUT2D eigenvalue weighted by Crippen LogP contribution is -2.42. The molecule has 1 saturated carbocycles. The third-order valence-corrected chi connectivity index (χ3v) is 6.68. The Bertz CT molecular complexity index is 1230. The number of fused-ring (bicyclic) bond motifs is 3. The summed E-state index contributed by atoms with van der Waals surface area (Å²) in [6, 6.07) is 10.8. The topological polar surface area (TPSA) is 104 Å². The van der Waals surface area contributed by atoms with E-state index in [4.69, 9.17) is 4.74 Å². The van der Waals surface area contributed by atoms with Gasteiger partial charge in [0.1, 0.15) is 23.6 Å². The Morgan fingerprint density at radius 3 is 2.75 bits per heavy atom. The van der Waals surface area contributed by atoms with Gasteiger partial charge in [-0.2, -0.15) is 10.4 Å². The molecule has 3 fully saturated rings. The fourth-order valence-corrected chi connectivity index (χ4v) is 4.90. The molecule has 6 rings (SSSR count). The number of nitrogens with zero attached hydrogens (tertiary/aromatic N) is 4. The predicted molar refractivity (Wildman–Crippen MR) is 118 cm³/mol. The van der Waals surface area contributed by atoms with Crippen molar-refractivity contribution in [2.45, 2.75) is 56.7 Å². The lowest BCUT2D eigenvalue weighted by Gasteiger charge is -2.30. The van der Waals surface area contributed by atoms with Crippen LogP contribution in [0.5, 0.6) is 5.75 Å². The zero-order valence-electron chi connectivity index (χ0n) is 17.6. The van der Waals surface area contributed by atoms with Crippen molar-refractivity contribution in [2.24, 2.45) is 5.92 Å². The normalized spacial score (nSPS) is 24.3. The summed E-state index contributed by atoms with van der Waals surface area (Å²) in [5.74, 6) is 1.41. The van der Waals surface area contributed by atoms with Crippen LogP contribution < -0.4 is 15.4 Å². The predicted octanol–water partition coefficient (Wildman–Crippen LogP) is 3.28. The number of rotatable bonds is 5. The third kappa shape index (κ3) is 3.69. The molecule has 3 aromatic rings. The Balaban J connectivity index is 1.31. The minimum Gasteiger partial charge on any atom is -0.488 e. The van der Waals surface area contributed by atoms with E-state index in [1.165, 1.54) is 12.8 Å². The number of carbonyl (C=O) groups is 1. The number of anilines is 1. The average Bonchev–Trinajstić information content (AvgIpc) is 3.50. The zero-order chi connectivity index (χ0) is 21.7. The number of ether oxygens (including phenoxy) is 1. The number of carbonyl (C=O) groups excluding carboxylic acids is 1. The minimum absolute atomic E-state index is 0.0352. The van der Waals surface area contributed by atoms with Crippen molar-refractivity contribution in [2.75, 3.05) is 5.32 Å². The molecule has 8 nitrogen and oxygen atoms in total. The van der Waals surface area contributed by atoms with Gasteiger partial charge in [-0.05, 0) is 62.3 Å². The molecule has 0 unspecified atom stereocenters. The van der Waals surface area contributed by atoms with Crippen molar-refractivity contribution >= 4 is 17.2 Å². The van der Waals surface area contributed by atoms with E-state index in [-0.39, 0.29) is 17.9 Å². The molecule has 1 aliphatic carbocycles. The molecule has 3 aliphatic rings. The van der Waals surface area contributed by atoms with Crippen LogP contribution in [0.3, 0.4) is 0 Å². The number of pyridine rings is 2. The number of amides is 1. The monoisotopic (exact) mass is 428 g/mol. The number of nitriles is 1. The molecule has 2 aliphatic heterocycles. The molecule has 32 heavy (non-hydrogen) atoms. The van der Waals surface area contributed by atoms with E-state index < -0.39 is 0 Å². The number of hydrogen-bond donors (Lipinski definition) is 2. The van der Waals surface area contributed by atoms with E-state index in [0.717, 1.165) is 42.3 Å². The van der Waals surface area contributed by atoms with Gasteiger partial charge in [-0.15, -0.1) is 0 Å². The lowest BCUT2D eigenvalue weighted by atomic mass is 10.0. The second kappa shape index (κ2) is 7.61. The van der Waals surface area contributed by atoms with Crippen LogP contribution in [0, 0.1) is 17.2 Å². The van der Waals surface area contributed by atoms with Crippen LogP contribution in [0.1, 0.15) is 44.2 Å². The highest BCUT2D eigenvalue weighted by molar-refractivity contribution is 5.93. The fourth-order valence-electron chi connectivity index (χ4n) is 4.90. The highest BCUT2D eigenvalue weighted by Gasteiger charge is 2.35. The summed E-state index contributed by atoms with van der Waals surface area (Å²) < 4.78 is 8.17. The van der Waals surface area contributed by atoms with Crippen LogP contribution >= 0.6 is 0 Å². The molecule has 2 bridgehead atoms. The van der Waals surface area contributed by atoms with Crippen LogP contribution in [-0.2, 0) is 4.79 Å². The number of nitrogens with one attached hydrogen (secondary N) is 2. The summed E-state index contributed by atoms with van der Waals surface area (Å²) in [7, 11) is 0. The Hall–Kier alpha value is -3.44. The van der Waals surface area contributed by atoms with Gasteiger partial charge >= 0.3 is 0 Å². The maximum atomic E-state index is 12.1. The highest BCUT2D eigenvalue weighted by atomic mass is 16.5. The molecule has 5 heterocycles. The van der Waals surface area contributed by atoms with Gasteiger partial charge in [0.05, 0.1) is 11.7 Å². The van der Waals surface area contributed by atoms with Crippen molar-refractivity contribution < 1.29 is 9.53 Å². The molecule has 8 heteroatoms. The van der Waals surface area contributed by atoms with Gasteiger partial charge in [-0.3, -0.25) is 4.79 Å². The quantitative estimate of drug-likeness (QED) is 0.646. The van der Waals surface area contributed by atoms with E-state index >= 15 is 0 Å². The van der Waals surface area contributed by atoms with Crippen LogP contribution in [0.15, 0.2) is 36.7 Å². The summed E-state index contributed by atoms with van der Waals surface area (Å²) in [5, 5.41) is 20.4. The molecular formula is C24H24N6O2. The summed E-state index contributed by atoms with van der Waals surface area (Å²) in [4.78, 5) is 16.3. The molecule has 3 atom stereocenters. The zero-order valence-corrected chi connectivity index (χ0v) is 17.6. The standard InChI is InChI=1S/C24H24N6O2/c25-12-18-10-21(22(13-26-18)32-20-8-16-3-4-17(9-20)27-16)15-5-6-30-19(7-15)11-23(29-30)28-24(31)14-1-2-14/h5-7,10-11,13-14,16-17,20,27H,1-4,8-9H2,(H,28,29,31)/t16-,17+,20+. The number of hydrogen-bond acceptors (Lipinski definition) is 6. The van der Waals surface area contributed by atoms with Crippen LogP contribution in [0.2, 0.25) is 0 Å². The van der Waals surface area contributed by atoms with Gasteiger partial charge in [0.2, 0.25) is 5.91 Å². The van der Waals surface area contributed by atoms with Crippen molar-refractivity contribution in [1.29, 1.82) is 5.26 Å². The van der Waals surface area contributed by atoms with E-state index in [1.807, 2.05) is 24.4 Å². The largest absolute Gasteiger partial charge is 0.488 e. The molecule has 2 N–H and O–H groups in total. The molecule has 0 aromatic carbocycles. The summed E-state index contributed by atoms with van der Waals surface area (Å²) in [6.07, 6.45) is 9.97. The molecule has 3 aromatic heterocycles. The van der Waals surface area contributed by atoms with Crippen molar-refractivity contribution in [3.8, 4) is 22.9 Å². The van der Waals surface area contributed by atoms with Gasteiger partial charge in [0.25, 0.3) is 0 Å². The smallest absolute Gasteiger partial charge is 0.228 e. The Labute approximate surface area is 185 Å². The number of piperidine rings is 1. The Morgan fingerprint density at radius 2 is 2.00 bits per heavy atom. The molecule has 1 amide bonds. The SMILES string of the molecule is N#Cc1cc(-c2ccn3nc(NC(=O)C4CC4)cc3c2)c(O[C@H]2C[C@H]3CC[C@@H](C2)N3)cn1. The summed E-state index contributed by atoms with van der Waals surface area (Å²) >= 11 is 0. The van der Waals surface area contributed by atoms with E-state index in [9.17, 15) is 10.1 Å². The molecule has 0 radical (unpaired) electrons. The first kappa shape index (κ1) is 19.3. The van der Waals surface area contributed by atoms with E-state index in [2.05, 4.69) is 26.8 Å². The van der Waals surface area contributed by atoms with Gasteiger partial charge in [0, 0.05) is 35.8 Å². The average molecular weight is 428 g/mol. The Morgan fingerprint density at radius 1 is 1.19 bits per heavy atom. The first-order valence-corrected chi connectivity index (χ1v) is 11.3. The van der Waals surface area contributed by atoms with Crippen LogP contribution in [0.25, 0.3) is 16.6 Å². The summed E-state index contributed by atoms with van der Waals surface area (Å²) in [5.41, 5.74) is 2.97. The Kier molecular flexibility index (Phi) is 4.58. The van der Waals surface area contributed by atoms with Gasteiger partial charge < -0.3 is 15.4 Å². The van der Waals surface area contributed by atoms with E-state index in [0.29, 0.717) is 29.3 Å². The molecule has 162 valence electrons. The van der Waals surface area contributed by atoms with Crippen molar-refractivity contribution in [3.63, 3.8) is 0 Å². The second-order valence-corrected chi connectivity index (χ2v) is 9.10.